The van der Waals surface area contributed by atoms with Crippen molar-refractivity contribution in [2.45, 2.75) is 12.8 Å². The van der Waals surface area contributed by atoms with E-state index in [1.54, 1.807) is 0 Å². The predicted molar refractivity (Wildman–Crippen MR) is 78.3 cm³/mol. The Hall–Kier alpha value is -2.24. The summed E-state index contributed by atoms with van der Waals surface area (Å²) in [4.78, 5) is 0.885. The Morgan fingerprint density at radius 1 is 0.429 bits per heavy atom. The molecular formula is C16H8BF10N. The van der Waals surface area contributed by atoms with Crippen LogP contribution in [0.2, 0.25) is 0 Å². The highest BCUT2D eigenvalue weighted by Crippen LogP contribution is 2.23. The Labute approximate surface area is 151 Å². The summed E-state index contributed by atoms with van der Waals surface area (Å²) in [6.45, 7) is -2.69. The van der Waals surface area contributed by atoms with E-state index in [0.717, 1.165) is 4.81 Å². The summed E-state index contributed by atoms with van der Waals surface area (Å²) in [5.74, 6) is -24.3. The second kappa shape index (κ2) is 7.30. The Morgan fingerprint density at radius 2 is 0.679 bits per heavy atom. The first-order valence-corrected chi connectivity index (χ1v) is 7.86. The van der Waals surface area contributed by atoms with Crippen molar-refractivity contribution in [2.24, 2.45) is 0 Å². The van der Waals surface area contributed by atoms with E-state index in [4.69, 9.17) is 0 Å². The average Bonchev–Trinajstić information content (AvgIpc) is 3.21. The summed E-state index contributed by atoms with van der Waals surface area (Å²) in [5.41, 5.74) is -3.39. The third-order valence-corrected chi connectivity index (χ3v) is 4.54. The number of benzene rings is 2. The molecule has 1 saturated heterocycles. The van der Waals surface area contributed by atoms with Gasteiger partial charge in [-0.05, 0) is 25.9 Å². The topological polar surface area (TPSA) is 3.24 Å². The smallest absolute Gasteiger partial charge is 0.305 e. The normalized spacial score (nSPS) is 14.8. The molecule has 3 rings (SSSR count). The molecule has 0 saturated carbocycles. The second-order valence-electron chi connectivity index (χ2n) is 6.11. The van der Waals surface area contributed by atoms with Gasteiger partial charge < -0.3 is 4.81 Å². The summed E-state index contributed by atoms with van der Waals surface area (Å²) in [6, 6.07) is 0. The van der Waals surface area contributed by atoms with Crippen molar-refractivity contribution in [1.29, 1.82) is 0 Å². The highest BCUT2D eigenvalue weighted by molar-refractivity contribution is 6.83. The van der Waals surface area contributed by atoms with Gasteiger partial charge in [0, 0.05) is 10.9 Å². The van der Waals surface area contributed by atoms with Gasteiger partial charge in [-0.2, -0.15) is 0 Å². The van der Waals surface area contributed by atoms with Crippen LogP contribution in [-0.2, 0) is 0 Å². The van der Waals surface area contributed by atoms with Crippen LogP contribution in [0.1, 0.15) is 12.8 Å². The molecule has 12 heteroatoms. The van der Waals surface area contributed by atoms with Crippen molar-refractivity contribution in [2.75, 3.05) is 13.1 Å². The van der Waals surface area contributed by atoms with Crippen molar-refractivity contribution in [3.05, 3.63) is 58.2 Å². The lowest BCUT2D eigenvalue weighted by atomic mass is 9.48. The minimum Gasteiger partial charge on any atom is -0.334 e. The molecule has 28 heavy (non-hydrogen) atoms. The number of hydrogen-bond donors (Lipinski definition) is 0. The molecule has 1 nitrogen and oxygen atoms in total. The Morgan fingerprint density at radius 3 is 0.964 bits per heavy atom. The fourth-order valence-electron chi connectivity index (χ4n) is 3.23. The number of nitrogens with zero attached hydrogens (tertiary/aromatic N) is 1. The second-order valence-corrected chi connectivity index (χ2v) is 6.11. The van der Waals surface area contributed by atoms with Crippen molar-refractivity contribution >= 4 is 17.8 Å². The average molecular weight is 415 g/mol. The molecule has 2 aromatic carbocycles. The van der Waals surface area contributed by atoms with Crippen LogP contribution in [0, 0.1) is 58.2 Å². The van der Waals surface area contributed by atoms with Crippen molar-refractivity contribution in [3.8, 4) is 0 Å². The standard InChI is InChI=1S/C16H8BF10N/c18-7-5(8(19)12(23)15(26)11(7)22)17(28-3-1-2-4-28)6-9(20)13(24)16(27)14(25)10(6)21/h1-4H2. The van der Waals surface area contributed by atoms with E-state index in [2.05, 4.69) is 0 Å². The minimum atomic E-state index is -2.52. The highest BCUT2D eigenvalue weighted by atomic mass is 19.2. The molecular weight excluding hydrogens is 407 g/mol. The predicted octanol–water partition coefficient (Wildman–Crippen LogP) is 3.28. The molecule has 0 atom stereocenters. The van der Waals surface area contributed by atoms with Crippen LogP contribution >= 0.6 is 0 Å². The lowest BCUT2D eigenvalue weighted by Crippen LogP contribution is -2.60. The maximum atomic E-state index is 14.3. The molecule has 0 radical (unpaired) electrons. The third kappa shape index (κ3) is 2.94. The summed E-state index contributed by atoms with van der Waals surface area (Å²) >= 11 is 0. The molecule has 2 aromatic rings. The Bertz CT molecular complexity index is 830. The van der Waals surface area contributed by atoms with Gasteiger partial charge in [0.1, 0.15) is 0 Å². The zero-order valence-electron chi connectivity index (χ0n) is 13.6. The van der Waals surface area contributed by atoms with Crippen LogP contribution in [-0.4, -0.2) is 24.7 Å². The fraction of sp³-hybridized carbons (Fsp3) is 0.250. The summed E-state index contributed by atoms with van der Waals surface area (Å²) in [7, 11) is 0. The molecule has 0 bridgehead atoms. The van der Waals surface area contributed by atoms with Gasteiger partial charge >= 0.3 is 6.85 Å². The third-order valence-electron chi connectivity index (χ3n) is 4.54. The van der Waals surface area contributed by atoms with Crippen LogP contribution in [0.25, 0.3) is 0 Å². The molecule has 1 heterocycles. The van der Waals surface area contributed by atoms with Crippen LogP contribution < -0.4 is 10.9 Å². The van der Waals surface area contributed by atoms with Gasteiger partial charge in [0.05, 0.1) is 0 Å². The number of halogens is 10. The van der Waals surface area contributed by atoms with E-state index >= 15 is 0 Å². The van der Waals surface area contributed by atoms with Crippen LogP contribution in [0.5, 0.6) is 0 Å². The fourth-order valence-corrected chi connectivity index (χ4v) is 3.23. The molecule has 0 aromatic heterocycles. The van der Waals surface area contributed by atoms with Crippen molar-refractivity contribution in [1.82, 2.24) is 4.81 Å². The quantitative estimate of drug-likeness (QED) is 0.322. The maximum Gasteiger partial charge on any atom is 0.305 e. The molecule has 1 fully saturated rings. The molecule has 0 N–H and O–H groups in total. The zero-order valence-corrected chi connectivity index (χ0v) is 13.6. The molecule has 1 aliphatic heterocycles. The van der Waals surface area contributed by atoms with E-state index in [1.165, 1.54) is 0 Å². The summed E-state index contributed by atoms with van der Waals surface area (Å²) in [6.07, 6.45) is 0.614. The van der Waals surface area contributed by atoms with Crippen molar-refractivity contribution in [3.63, 3.8) is 0 Å². The molecule has 1 aliphatic rings. The summed E-state index contributed by atoms with van der Waals surface area (Å²) in [5, 5.41) is 0. The van der Waals surface area contributed by atoms with Gasteiger partial charge in [0.25, 0.3) is 0 Å². The minimum absolute atomic E-state index is 0.135. The highest BCUT2D eigenvalue weighted by Gasteiger charge is 2.43. The number of rotatable bonds is 3. The van der Waals surface area contributed by atoms with E-state index in [0.29, 0.717) is 12.8 Å². The van der Waals surface area contributed by atoms with Crippen molar-refractivity contribution < 1.29 is 43.9 Å². The summed E-state index contributed by atoms with van der Waals surface area (Å²) < 4.78 is 138. The van der Waals surface area contributed by atoms with E-state index in [-0.39, 0.29) is 13.1 Å². The SMILES string of the molecule is Fc1c(F)c(F)c(B(c2c(F)c(F)c(F)c(F)c2F)N2CCCC2)c(F)c1F. The zero-order chi connectivity index (χ0) is 20.9. The Balaban J connectivity index is 2.40. The Kier molecular flexibility index (Phi) is 5.35. The van der Waals surface area contributed by atoms with Gasteiger partial charge in [-0.1, -0.05) is 0 Å². The first-order chi connectivity index (χ1) is 13.1. The molecule has 0 amide bonds. The van der Waals surface area contributed by atoms with Gasteiger partial charge in [-0.3, -0.25) is 0 Å². The maximum absolute atomic E-state index is 14.3. The monoisotopic (exact) mass is 415 g/mol. The van der Waals surface area contributed by atoms with Gasteiger partial charge in [0.15, 0.2) is 58.2 Å². The van der Waals surface area contributed by atoms with Crippen LogP contribution in [0.15, 0.2) is 0 Å². The van der Waals surface area contributed by atoms with Gasteiger partial charge in [0.2, 0.25) is 0 Å². The number of hydrogen-bond acceptors (Lipinski definition) is 1. The van der Waals surface area contributed by atoms with Crippen LogP contribution in [0.4, 0.5) is 43.9 Å². The van der Waals surface area contributed by atoms with E-state index in [1.807, 2.05) is 0 Å². The van der Waals surface area contributed by atoms with Gasteiger partial charge in [-0.15, -0.1) is 0 Å². The molecule has 0 aliphatic carbocycles. The lowest BCUT2D eigenvalue weighted by molar-refractivity contribution is 0.379. The largest absolute Gasteiger partial charge is 0.334 e. The van der Waals surface area contributed by atoms with Gasteiger partial charge in [-0.25, -0.2) is 43.9 Å². The first-order valence-electron chi connectivity index (χ1n) is 7.86. The first kappa shape index (κ1) is 20.5. The van der Waals surface area contributed by atoms with E-state index < -0.39 is 75.9 Å². The van der Waals surface area contributed by atoms with Crippen LogP contribution in [0.3, 0.4) is 0 Å². The molecule has 0 spiro atoms. The van der Waals surface area contributed by atoms with E-state index in [9.17, 15) is 43.9 Å². The lowest BCUT2D eigenvalue weighted by Gasteiger charge is -2.27. The molecule has 0 unspecified atom stereocenters. The molecule has 150 valence electrons.